The molecule has 0 spiro atoms. The van der Waals surface area contributed by atoms with E-state index in [2.05, 4.69) is 41.5 Å². The topological polar surface area (TPSA) is 0 Å². The summed E-state index contributed by atoms with van der Waals surface area (Å²) >= 11 is 0. The Morgan fingerprint density at radius 3 is 0.917 bits per heavy atom. The Bertz CT molecular complexity index is 39.2. The second-order valence-corrected chi connectivity index (χ2v) is 3.65. The Balaban J connectivity index is -0.000000118. The van der Waals surface area contributed by atoms with E-state index in [1.165, 1.54) is 12.8 Å². The highest BCUT2D eigenvalue weighted by Gasteiger charge is 1.88. The van der Waals surface area contributed by atoms with Gasteiger partial charge in [0.25, 0.3) is 0 Å². The van der Waals surface area contributed by atoms with E-state index >= 15 is 0 Å². The van der Waals surface area contributed by atoms with Crippen molar-refractivity contribution >= 4 is 0 Å². The minimum absolute atomic E-state index is 0.833. The van der Waals surface area contributed by atoms with Crippen molar-refractivity contribution < 1.29 is 0 Å². The maximum atomic E-state index is 2.28. The molecule has 12 heavy (non-hydrogen) atoms. The first-order chi connectivity index (χ1) is 5.54. The lowest BCUT2D eigenvalue weighted by molar-refractivity contribution is 0.544. The van der Waals surface area contributed by atoms with Gasteiger partial charge in [0.2, 0.25) is 0 Å². The molecule has 0 aliphatic heterocycles. The van der Waals surface area contributed by atoms with Gasteiger partial charge in [0.05, 0.1) is 0 Å². The molecule has 0 atom stereocenters. The number of rotatable bonds is 2. The average molecular weight is 174 g/mol. The van der Waals surface area contributed by atoms with Gasteiger partial charge in [-0.1, -0.05) is 68.2 Å². The molecule has 0 heterocycles. The van der Waals surface area contributed by atoms with Gasteiger partial charge in [-0.05, 0) is 11.8 Å². The first-order valence-corrected chi connectivity index (χ1v) is 5.54. The van der Waals surface area contributed by atoms with Crippen LogP contribution < -0.4 is 0 Å². The summed E-state index contributed by atoms with van der Waals surface area (Å²) < 4.78 is 0. The minimum Gasteiger partial charge on any atom is -0.0683 e. The molecule has 0 saturated heterocycles. The van der Waals surface area contributed by atoms with Crippen molar-refractivity contribution in [2.75, 3.05) is 0 Å². The predicted molar refractivity (Wildman–Crippen MR) is 61.6 cm³/mol. The van der Waals surface area contributed by atoms with Gasteiger partial charge in [-0.2, -0.15) is 0 Å². The summed E-state index contributed by atoms with van der Waals surface area (Å²) in [4.78, 5) is 0. The van der Waals surface area contributed by atoms with E-state index in [1.807, 2.05) is 13.8 Å². The highest BCUT2D eigenvalue weighted by molar-refractivity contribution is 4.41. The molecule has 0 aromatic heterocycles. The smallest absolute Gasteiger partial charge is 0.0448 e. The van der Waals surface area contributed by atoms with Gasteiger partial charge in [-0.25, -0.2) is 0 Å². The molecule has 0 radical (unpaired) electrons. The Hall–Kier alpha value is 0. The van der Waals surface area contributed by atoms with Crippen LogP contribution in [0.15, 0.2) is 0 Å². The van der Waals surface area contributed by atoms with E-state index in [0.29, 0.717) is 0 Å². The van der Waals surface area contributed by atoms with Crippen LogP contribution in [0.25, 0.3) is 0 Å². The molecule has 0 aromatic rings. The fourth-order valence-corrected chi connectivity index (χ4v) is 0.289. The van der Waals surface area contributed by atoms with Crippen LogP contribution in [0.4, 0.5) is 0 Å². The van der Waals surface area contributed by atoms with E-state index in [-0.39, 0.29) is 0 Å². The van der Waals surface area contributed by atoms with Crippen molar-refractivity contribution in [3.63, 3.8) is 0 Å². The molecule has 0 rings (SSSR count). The quantitative estimate of drug-likeness (QED) is 0.544. The van der Waals surface area contributed by atoms with E-state index in [4.69, 9.17) is 0 Å². The normalized spacial score (nSPS) is 8.50. The second-order valence-electron chi connectivity index (χ2n) is 3.65. The molecular weight excluding hydrogens is 144 g/mol. The molecule has 0 aliphatic rings. The van der Waals surface area contributed by atoms with Crippen LogP contribution in [0.5, 0.6) is 0 Å². The molecule has 0 aliphatic carbocycles. The van der Waals surface area contributed by atoms with E-state index in [0.717, 1.165) is 11.8 Å². The first kappa shape index (κ1) is 17.9. The number of hydrogen-bond donors (Lipinski definition) is 0. The molecule has 0 amide bonds. The summed E-state index contributed by atoms with van der Waals surface area (Å²) in [5.41, 5.74) is 0. The van der Waals surface area contributed by atoms with Gasteiger partial charge in [0, 0.05) is 0 Å². The average Bonchev–Trinajstić information content (AvgIpc) is 2.06. The molecule has 0 aromatic carbocycles. The zero-order valence-corrected chi connectivity index (χ0v) is 10.6. The zero-order chi connectivity index (χ0) is 10.6. The molecule has 78 valence electrons. The Kier molecular flexibility index (Phi) is 25.7. The van der Waals surface area contributed by atoms with Crippen LogP contribution >= 0.6 is 0 Å². The number of hydrogen-bond acceptors (Lipinski definition) is 0. The molecule has 0 nitrogen and oxygen atoms in total. The van der Waals surface area contributed by atoms with Gasteiger partial charge < -0.3 is 0 Å². The van der Waals surface area contributed by atoms with Crippen LogP contribution in [0.3, 0.4) is 0 Å². The molecule has 0 saturated carbocycles. The van der Waals surface area contributed by atoms with Gasteiger partial charge in [0.1, 0.15) is 0 Å². The van der Waals surface area contributed by atoms with Gasteiger partial charge in [-0.3, -0.25) is 0 Å². The maximum Gasteiger partial charge on any atom is -0.0448 e. The SMILES string of the molecule is CC.CC(C)C.CCC(C)CC. The zero-order valence-electron chi connectivity index (χ0n) is 10.6. The highest BCUT2D eigenvalue weighted by atomic mass is 13.9. The lowest BCUT2D eigenvalue weighted by atomic mass is 10.1. The van der Waals surface area contributed by atoms with Crippen molar-refractivity contribution in [3.05, 3.63) is 0 Å². The van der Waals surface area contributed by atoms with Crippen molar-refractivity contribution in [1.29, 1.82) is 0 Å². The fourth-order valence-electron chi connectivity index (χ4n) is 0.289. The minimum atomic E-state index is 0.833. The van der Waals surface area contributed by atoms with Gasteiger partial charge in [-0.15, -0.1) is 0 Å². The van der Waals surface area contributed by atoms with Crippen LogP contribution in [-0.2, 0) is 0 Å². The summed E-state index contributed by atoms with van der Waals surface area (Å²) in [5, 5.41) is 0. The van der Waals surface area contributed by atoms with E-state index in [9.17, 15) is 0 Å². The van der Waals surface area contributed by atoms with Crippen molar-refractivity contribution in [1.82, 2.24) is 0 Å². The first-order valence-electron chi connectivity index (χ1n) is 5.54. The summed E-state index contributed by atoms with van der Waals surface area (Å²) in [5.74, 6) is 1.77. The fraction of sp³-hybridized carbons (Fsp3) is 1.00. The lowest BCUT2D eigenvalue weighted by Gasteiger charge is -1.98. The molecular formula is C12H30. The standard InChI is InChI=1S/C6H14.C4H10.C2H6/c1-4-6(3)5-2;1-4(2)3;1-2/h6H,4-5H2,1-3H3;4H,1-3H3;1-2H3. The van der Waals surface area contributed by atoms with E-state index in [1.54, 1.807) is 0 Å². The van der Waals surface area contributed by atoms with Crippen molar-refractivity contribution in [2.24, 2.45) is 11.8 Å². The Labute approximate surface area is 80.8 Å². The summed E-state index contributed by atoms with van der Waals surface area (Å²) in [6, 6.07) is 0. The van der Waals surface area contributed by atoms with Gasteiger partial charge in [0.15, 0.2) is 0 Å². The molecule has 0 N–H and O–H groups in total. The van der Waals surface area contributed by atoms with Crippen LogP contribution in [0.2, 0.25) is 0 Å². The molecule has 0 bridgehead atoms. The molecule has 0 unspecified atom stereocenters. The third-order valence-electron chi connectivity index (χ3n) is 1.39. The largest absolute Gasteiger partial charge is 0.0683 e. The van der Waals surface area contributed by atoms with Crippen LogP contribution in [-0.4, -0.2) is 0 Å². The Morgan fingerprint density at radius 2 is 0.917 bits per heavy atom. The summed E-state index contributed by atoms with van der Waals surface area (Å²) in [7, 11) is 0. The van der Waals surface area contributed by atoms with E-state index < -0.39 is 0 Å². The van der Waals surface area contributed by atoms with Crippen LogP contribution in [0.1, 0.15) is 68.2 Å². The monoisotopic (exact) mass is 174 g/mol. The van der Waals surface area contributed by atoms with Crippen molar-refractivity contribution in [2.45, 2.75) is 68.2 Å². The lowest BCUT2D eigenvalue weighted by Crippen LogP contribution is -1.85. The highest BCUT2D eigenvalue weighted by Crippen LogP contribution is 2.02. The van der Waals surface area contributed by atoms with Crippen molar-refractivity contribution in [3.8, 4) is 0 Å². The molecule has 0 fully saturated rings. The predicted octanol–water partition coefficient (Wildman–Crippen LogP) is 5.13. The summed E-state index contributed by atoms with van der Waals surface area (Å²) in [6.07, 6.45) is 2.66. The summed E-state index contributed by atoms with van der Waals surface area (Å²) in [6.45, 7) is 17.2. The maximum absolute atomic E-state index is 2.28. The molecule has 0 heteroatoms. The Morgan fingerprint density at radius 1 is 0.750 bits per heavy atom. The third kappa shape index (κ3) is 50.6. The van der Waals surface area contributed by atoms with Crippen LogP contribution in [0, 0.1) is 11.8 Å². The third-order valence-corrected chi connectivity index (χ3v) is 1.39. The van der Waals surface area contributed by atoms with Gasteiger partial charge >= 0.3 is 0 Å². The second kappa shape index (κ2) is 17.2.